The molecular formula is C15H17BrN2. The van der Waals surface area contributed by atoms with Gasteiger partial charge in [0.25, 0.3) is 0 Å². The molecule has 0 unspecified atom stereocenters. The third-order valence-electron chi connectivity index (χ3n) is 2.93. The predicted octanol–water partition coefficient (Wildman–Crippen LogP) is 4.10. The van der Waals surface area contributed by atoms with Crippen molar-refractivity contribution in [3.8, 4) is 0 Å². The lowest BCUT2D eigenvalue weighted by atomic mass is 10.1. The van der Waals surface area contributed by atoms with Crippen molar-refractivity contribution in [3.05, 3.63) is 57.7 Å². The highest BCUT2D eigenvalue weighted by Crippen LogP contribution is 2.26. The Hall–Kier alpha value is -1.35. The molecule has 0 saturated heterocycles. The van der Waals surface area contributed by atoms with Crippen LogP contribution in [0.3, 0.4) is 0 Å². The van der Waals surface area contributed by atoms with Gasteiger partial charge in [0.2, 0.25) is 0 Å². The molecule has 18 heavy (non-hydrogen) atoms. The molecule has 0 aliphatic carbocycles. The smallest absolute Gasteiger partial charge is 0.143 e. The van der Waals surface area contributed by atoms with Crippen LogP contribution in [-0.4, -0.2) is 12.0 Å². The average molecular weight is 305 g/mol. The molecule has 0 saturated carbocycles. The van der Waals surface area contributed by atoms with E-state index >= 15 is 0 Å². The van der Waals surface area contributed by atoms with Crippen molar-refractivity contribution in [1.29, 1.82) is 0 Å². The van der Waals surface area contributed by atoms with Crippen molar-refractivity contribution in [2.45, 2.75) is 20.4 Å². The second kappa shape index (κ2) is 5.53. The molecule has 0 amide bonds. The average Bonchev–Trinajstić information content (AvgIpc) is 2.32. The first-order chi connectivity index (χ1) is 8.58. The summed E-state index contributed by atoms with van der Waals surface area (Å²) in [5, 5.41) is 0. The molecule has 0 atom stereocenters. The fraction of sp³-hybridized carbons (Fsp3) is 0.267. The molecule has 1 aromatic carbocycles. The number of halogens is 1. The number of hydrogen-bond acceptors (Lipinski definition) is 2. The summed E-state index contributed by atoms with van der Waals surface area (Å²) in [6, 6.07) is 10.6. The van der Waals surface area contributed by atoms with Crippen LogP contribution in [0, 0.1) is 13.8 Å². The molecule has 2 aromatic rings. The highest BCUT2D eigenvalue weighted by Gasteiger charge is 2.09. The summed E-state index contributed by atoms with van der Waals surface area (Å²) < 4.78 is 1.07. The van der Waals surface area contributed by atoms with Gasteiger partial charge in [-0.2, -0.15) is 0 Å². The van der Waals surface area contributed by atoms with Crippen molar-refractivity contribution in [2.24, 2.45) is 0 Å². The molecule has 0 spiro atoms. The van der Waals surface area contributed by atoms with E-state index in [1.54, 1.807) is 0 Å². The van der Waals surface area contributed by atoms with Crippen molar-refractivity contribution in [3.63, 3.8) is 0 Å². The molecule has 2 nitrogen and oxygen atoms in total. The normalized spacial score (nSPS) is 10.4. The van der Waals surface area contributed by atoms with Crippen molar-refractivity contribution < 1.29 is 0 Å². The molecule has 3 heteroatoms. The van der Waals surface area contributed by atoms with E-state index in [1.807, 2.05) is 12.3 Å². The van der Waals surface area contributed by atoms with Crippen LogP contribution >= 0.6 is 15.9 Å². The van der Waals surface area contributed by atoms with E-state index in [1.165, 1.54) is 16.7 Å². The number of anilines is 1. The fourth-order valence-corrected chi connectivity index (χ4v) is 2.49. The summed E-state index contributed by atoms with van der Waals surface area (Å²) >= 11 is 3.60. The number of hydrogen-bond donors (Lipinski definition) is 0. The molecule has 0 bridgehead atoms. The van der Waals surface area contributed by atoms with Crippen molar-refractivity contribution in [1.82, 2.24) is 4.98 Å². The number of aryl methyl sites for hydroxylation is 2. The minimum atomic E-state index is 0.858. The molecule has 0 aliphatic rings. The van der Waals surface area contributed by atoms with E-state index in [-0.39, 0.29) is 0 Å². The van der Waals surface area contributed by atoms with Crippen molar-refractivity contribution >= 4 is 21.7 Å². The summed E-state index contributed by atoms with van der Waals surface area (Å²) in [6.07, 6.45) is 1.85. The zero-order valence-electron chi connectivity index (χ0n) is 10.9. The molecule has 0 radical (unpaired) electrons. The monoisotopic (exact) mass is 304 g/mol. The van der Waals surface area contributed by atoms with Crippen molar-refractivity contribution in [2.75, 3.05) is 11.9 Å². The SMILES string of the molecule is Cc1cccc(CN(C)c2nccc(C)c2Br)c1. The van der Waals surface area contributed by atoms with Crippen LogP contribution < -0.4 is 4.90 Å². The van der Waals surface area contributed by atoms with E-state index in [0.29, 0.717) is 0 Å². The third kappa shape index (κ3) is 2.91. The van der Waals surface area contributed by atoms with Gasteiger partial charge in [-0.1, -0.05) is 29.8 Å². The largest absolute Gasteiger partial charge is 0.354 e. The van der Waals surface area contributed by atoms with Gasteiger partial charge in [-0.05, 0) is 47.0 Å². The Morgan fingerprint density at radius 3 is 2.72 bits per heavy atom. The van der Waals surface area contributed by atoms with E-state index in [9.17, 15) is 0 Å². The summed E-state index contributed by atoms with van der Waals surface area (Å²) in [7, 11) is 2.06. The van der Waals surface area contributed by atoms with E-state index in [4.69, 9.17) is 0 Å². The Morgan fingerprint density at radius 2 is 2.00 bits per heavy atom. The summed E-state index contributed by atoms with van der Waals surface area (Å²) in [6.45, 7) is 5.05. The lowest BCUT2D eigenvalue weighted by molar-refractivity contribution is 0.890. The summed E-state index contributed by atoms with van der Waals surface area (Å²) in [4.78, 5) is 6.60. The minimum absolute atomic E-state index is 0.858. The lowest BCUT2D eigenvalue weighted by Crippen LogP contribution is -2.18. The number of aromatic nitrogens is 1. The maximum Gasteiger partial charge on any atom is 0.143 e. The van der Waals surface area contributed by atoms with E-state index < -0.39 is 0 Å². The number of pyridine rings is 1. The van der Waals surface area contributed by atoms with Crippen LogP contribution in [0.1, 0.15) is 16.7 Å². The highest BCUT2D eigenvalue weighted by atomic mass is 79.9. The van der Waals surface area contributed by atoms with Gasteiger partial charge in [0, 0.05) is 19.8 Å². The number of nitrogens with zero attached hydrogens (tertiary/aromatic N) is 2. The molecule has 1 heterocycles. The van der Waals surface area contributed by atoms with Crippen LogP contribution in [-0.2, 0) is 6.54 Å². The van der Waals surface area contributed by atoms with Crippen LogP contribution in [0.15, 0.2) is 41.0 Å². The zero-order valence-corrected chi connectivity index (χ0v) is 12.5. The minimum Gasteiger partial charge on any atom is -0.354 e. The quantitative estimate of drug-likeness (QED) is 0.849. The Labute approximate surface area is 117 Å². The second-order valence-electron chi connectivity index (χ2n) is 4.61. The molecule has 94 valence electrons. The molecule has 1 aromatic heterocycles. The predicted molar refractivity (Wildman–Crippen MR) is 80.0 cm³/mol. The van der Waals surface area contributed by atoms with Gasteiger partial charge in [-0.25, -0.2) is 4.98 Å². The van der Waals surface area contributed by atoms with Gasteiger partial charge < -0.3 is 4.90 Å². The zero-order chi connectivity index (χ0) is 13.1. The van der Waals surface area contributed by atoms with Gasteiger partial charge in [-0.3, -0.25) is 0 Å². The lowest BCUT2D eigenvalue weighted by Gasteiger charge is -2.20. The van der Waals surface area contributed by atoms with Crippen LogP contribution in [0.4, 0.5) is 5.82 Å². The molecular weight excluding hydrogens is 288 g/mol. The Kier molecular flexibility index (Phi) is 4.02. The van der Waals surface area contributed by atoms with Crippen LogP contribution in [0.2, 0.25) is 0 Å². The topological polar surface area (TPSA) is 16.1 Å². The maximum absolute atomic E-state index is 4.44. The van der Waals surface area contributed by atoms with Gasteiger partial charge >= 0.3 is 0 Å². The highest BCUT2D eigenvalue weighted by molar-refractivity contribution is 9.10. The Balaban J connectivity index is 2.22. The molecule has 0 N–H and O–H groups in total. The van der Waals surface area contributed by atoms with E-state index in [2.05, 4.69) is 71.0 Å². The van der Waals surface area contributed by atoms with Gasteiger partial charge in [0.1, 0.15) is 5.82 Å². The van der Waals surface area contributed by atoms with Crippen LogP contribution in [0.25, 0.3) is 0 Å². The number of rotatable bonds is 3. The van der Waals surface area contributed by atoms with Gasteiger partial charge in [0.15, 0.2) is 0 Å². The molecule has 0 fully saturated rings. The molecule has 0 aliphatic heterocycles. The maximum atomic E-state index is 4.44. The van der Waals surface area contributed by atoms with Gasteiger partial charge in [0.05, 0.1) is 4.47 Å². The van der Waals surface area contributed by atoms with Gasteiger partial charge in [-0.15, -0.1) is 0 Å². The summed E-state index contributed by atoms with van der Waals surface area (Å²) in [5.41, 5.74) is 3.79. The Bertz CT molecular complexity index is 552. The van der Waals surface area contributed by atoms with E-state index in [0.717, 1.165) is 16.8 Å². The first-order valence-electron chi connectivity index (χ1n) is 5.95. The Morgan fingerprint density at radius 1 is 1.22 bits per heavy atom. The molecule has 2 rings (SSSR count). The second-order valence-corrected chi connectivity index (χ2v) is 5.40. The van der Waals surface area contributed by atoms with Crippen LogP contribution in [0.5, 0.6) is 0 Å². The third-order valence-corrected chi connectivity index (χ3v) is 3.91. The first-order valence-corrected chi connectivity index (χ1v) is 6.75. The fourth-order valence-electron chi connectivity index (χ4n) is 1.95. The first kappa shape index (κ1) is 13.1. The number of benzene rings is 1. The summed E-state index contributed by atoms with van der Waals surface area (Å²) in [5.74, 6) is 0.983. The standard InChI is InChI=1S/C15H17BrN2/c1-11-5-4-6-13(9-11)10-18(3)15-14(16)12(2)7-8-17-15/h4-9H,10H2,1-3H3.